The maximum absolute atomic E-state index is 12.2. The van der Waals surface area contributed by atoms with E-state index >= 15 is 0 Å². The van der Waals surface area contributed by atoms with Crippen LogP contribution in [0.2, 0.25) is 0 Å². The van der Waals surface area contributed by atoms with Crippen LogP contribution in [0.4, 0.5) is 0 Å². The number of aliphatic hydroxyl groups excluding tert-OH is 1. The van der Waals surface area contributed by atoms with E-state index in [1.807, 2.05) is 11.6 Å². The molecular weight excluding hydrogens is 280 g/mol. The Hall–Kier alpha value is -1.95. The fraction of sp³-hybridized carbons (Fsp3) is 0.562. The first-order valence-electron chi connectivity index (χ1n) is 7.88. The highest BCUT2D eigenvalue weighted by Gasteiger charge is 2.22. The number of hydrogen-bond acceptors (Lipinski definition) is 4. The Morgan fingerprint density at radius 2 is 2.18 bits per heavy atom. The van der Waals surface area contributed by atoms with Gasteiger partial charge in [0.2, 0.25) is 0 Å². The van der Waals surface area contributed by atoms with Crippen LogP contribution in [-0.2, 0) is 7.05 Å². The molecule has 1 aliphatic rings. The third-order valence-electron chi connectivity index (χ3n) is 4.48. The molecule has 6 heteroatoms. The van der Waals surface area contributed by atoms with Gasteiger partial charge in [0.25, 0.3) is 5.91 Å². The summed E-state index contributed by atoms with van der Waals surface area (Å²) >= 11 is 0. The van der Waals surface area contributed by atoms with E-state index in [4.69, 9.17) is 0 Å². The Balaban J connectivity index is 1.60. The van der Waals surface area contributed by atoms with Crippen LogP contribution in [-0.4, -0.2) is 38.2 Å². The van der Waals surface area contributed by atoms with Crippen molar-refractivity contribution in [2.75, 3.05) is 6.54 Å². The summed E-state index contributed by atoms with van der Waals surface area (Å²) < 4.78 is 1.81. The second-order valence-corrected chi connectivity index (χ2v) is 6.10. The van der Waals surface area contributed by atoms with Gasteiger partial charge in [0, 0.05) is 19.8 Å². The number of rotatable bonds is 4. The van der Waals surface area contributed by atoms with E-state index in [1.165, 1.54) is 19.3 Å². The van der Waals surface area contributed by atoms with E-state index in [1.54, 1.807) is 18.6 Å². The van der Waals surface area contributed by atoms with Crippen molar-refractivity contribution in [2.24, 2.45) is 13.0 Å². The Labute approximate surface area is 129 Å². The zero-order valence-corrected chi connectivity index (χ0v) is 12.8. The summed E-state index contributed by atoms with van der Waals surface area (Å²) in [7, 11) is 1.86. The van der Waals surface area contributed by atoms with Gasteiger partial charge in [0.1, 0.15) is 5.52 Å². The van der Waals surface area contributed by atoms with Gasteiger partial charge in [-0.15, -0.1) is 0 Å². The number of pyridine rings is 1. The Kier molecular flexibility index (Phi) is 4.38. The quantitative estimate of drug-likeness (QED) is 0.900. The van der Waals surface area contributed by atoms with Gasteiger partial charge in [-0.1, -0.05) is 19.3 Å². The van der Waals surface area contributed by atoms with Gasteiger partial charge < -0.3 is 15.0 Å². The van der Waals surface area contributed by atoms with Crippen molar-refractivity contribution in [1.82, 2.24) is 19.9 Å². The number of carbonyl (C=O) groups is 1. The molecule has 22 heavy (non-hydrogen) atoms. The Morgan fingerprint density at radius 1 is 1.41 bits per heavy atom. The zero-order chi connectivity index (χ0) is 15.5. The minimum absolute atomic E-state index is 0.213. The lowest BCUT2D eigenvalue weighted by Crippen LogP contribution is -2.37. The summed E-state index contributed by atoms with van der Waals surface area (Å²) in [6, 6.07) is 1.73. The molecule has 2 aromatic heterocycles. The molecule has 1 fully saturated rings. The number of nitrogens with one attached hydrogen (secondary N) is 1. The molecule has 0 aliphatic heterocycles. The first-order chi connectivity index (χ1) is 10.6. The molecule has 118 valence electrons. The molecule has 0 bridgehead atoms. The molecule has 1 atom stereocenters. The highest BCUT2D eigenvalue weighted by Crippen LogP contribution is 2.26. The van der Waals surface area contributed by atoms with Crippen molar-refractivity contribution >= 4 is 17.1 Å². The second kappa shape index (κ2) is 6.44. The predicted octanol–water partition coefficient (Wildman–Crippen LogP) is 1.64. The number of aromatic nitrogens is 3. The van der Waals surface area contributed by atoms with E-state index in [0.717, 1.165) is 18.5 Å². The Bertz CT molecular complexity index is 661. The number of nitrogens with zero attached hydrogens (tertiary/aromatic N) is 3. The number of carbonyl (C=O) groups excluding carboxylic acids is 1. The smallest absolute Gasteiger partial charge is 0.253 e. The minimum atomic E-state index is -0.462. The molecule has 0 saturated heterocycles. The number of fused-ring (bicyclic) bond motifs is 1. The van der Waals surface area contributed by atoms with Crippen LogP contribution in [0.15, 0.2) is 18.6 Å². The minimum Gasteiger partial charge on any atom is -0.391 e. The zero-order valence-electron chi connectivity index (χ0n) is 12.8. The van der Waals surface area contributed by atoms with Crippen molar-refractivity contribution in [2.45, 2.75) is 38.2 Å². The van der Waals surface area contributed by atoms with Crippen LogP contribution in [0, 0.1) is 5.92 Å². The summed E-state index contributed by atoms with van der Waals surface area (Å²) in [5.74, 6) is 0.0976. The SMILES string of the molecule is Cn1cnc2cc(C(=O)NCC(O)C3CCCCC3)cnc21. The van der Waals surface area contributed by atoms with Crippen LogP contribution < -0.4 is 5.32 Å². The summed E-state index contributed by atoms with van der Waals surface area (Å²) in [5.41, 5.74) is 1.92. The van der Waals surface area contributed by atoms with Crippen LogP contribution in [0.1, 0.15) is 42.5 Å². The van der Waals surface area contributed by atoms with E-state index in [0.29, 0.717) is 23.5 Å². The molecule has 0 radical (unpaired) electrons. The third kappa shape index (κ3) is 3.11. The fourth-order valence-electron chi connectivity index (χ4n) is 3.13. The van der Waals surface area contributed by atoms with Crippen LogP contribution in [0.25, 0.3) is 11.2 Å². The van der Waals surface area contributed by atoms with E-state index in [-0.39, 0.29) is 5.91 Å². The van der Waals surface area contributed by atoms with Crippen molar-refractivity contribution in [1.29, 1.82) is 0 Å². The molecule has 3 rings (SSSR count). The normalized spacial score (nSPS) is 17.5. The molecule has 0 aromatic carbocycles. The first kappa shape index (κ1) is 15.0. The average molecular weight is 302 g/mol. The van der Waals surface area contributed by atoms with Crippen LogP contribution in [0.3, 0.4) is 0 Å². The van der Waals surface area contributed by atoms with Crippen molar-refractivity contribution in [3.8, 4) is 0 Å². The van der Waals surface area contributed by atoms with Crippen molar-refractivity contribution < 1.29 is 9.90 Å². The Morgan fingerprint density at radius 3 is 2.95 bits per heavy atom. The molecule has 2 N–H and O–H groups in total. The van der Waals surface area contributed by atoms with E-state index < -0.39 is 6.10 Å². The molecule has 1 aliphatic carbocycles. The number of aryl methyl sites for hydroxylation is 1. The molecule has 1 amide bonds. The number of hydrogen-bond donors (Lipinski definition) is 2. The summed E-state index contributed by atoms with van der Waals surface area (Å²) in [5, 5.41) is 13.0. The molecule has 6 nitrogen and oxygen atoms in total. The first-order valence-corrected chi connectivity index (χ1v) is 7.88. The largest absolute Gasteiger partial charge is 0.391 e. The van der Waals surface area contributed by atoms with Gasteiger partial charge >= 0.3 is 0 Å². The lowest BCUT2D eigenvalue weighted by atomic mass is 9.85. The fourth-order valence-corrected chi connectivity index (χ4v) is 3.13. The van der Waals surface area contributed by atoms with Crippen molar-refractivity contribution in [3.63, 3.8) is 0 Å². The van der Waals surface area contributed by atoms with E-state index in [9.17, 15) is 9.90 Å². The average Bonchev–Trinajstić information content (AvgIpc) is 2.93. The molecule has 2 aromatic rings. The van der Waals surface area contributed by atoms with Gasteiger partial charge in [-0.3, -0.25) is 4.79 Å². The molecule has 2 heterocycles. The highest BCUT2D eigenvalue weighted by atomic mass is 16.3. The second-order valence-electron chi connectivity index (χ2n) is 6.10. The molecular formula is C16H22N4O2. The summed E-state index contributed by atoms with van der Waals surface area (Å²) in [6.07, 6.45) is 8.47. The van der Waals surface area contributed by atoms with Gasteiger partial charge in [-0.2, -0.15) is 0 Å². The van der Waals surface area contributed by atoms with Gasteiger partial charge in [0.05, 0.1) is 18.0 Å². The van der Waals surface area contributed by atoms with Gasteiger partial charge in [-0.05, 0) is 24.8 Å². The summed E-state index contributed by atoms with van der Waals surface area (Å²) in [6.45, 7) is 0.295. The van der Waals surface area contributed by atoms with Gasteiger partial charge in [-0.25, -0.2) is 9.97 Å². The number of amides is 1. The van der Waals surface area contributed by atoms with Crippen LogP contribution >= 0.6 is 0 Å². The maximum Gasteiger partial charge on any atom is 0.253 e. The number of imidazole rings is 1. The molecule has 1 saturated carbocycles. The lowest BCUT2D eigenvalue weighted by molar-refractivity contribution is 0.0738. The lowest BCUT2D eigenvalue weighted by Gasteiger charge is -2.26. The third-order valence-corrected chi connectivity index (χ3v) is 4.48. The topological polar surface area (TPSA) is 80.0 Å². The van der Waals surface area contributed by atoms with Gasteiger partial charge in [0.15, 0.2) is 5.65 Å². The van der Waals surface area contributed by atoms with Crippen LogP contribution in [0.5, 0.6) is 0 Å². The monoisotopic (exact) mass is 302 g/mol. The molecule has 0 spiro atoms. The highest BCUT2D eigenvalue weighted by molar-refractivity contribution is 5.96. The predicted molar refractivity (Wildman–Crippen MR) is 83.4 cm³/mol. The van der Waals surface area contributed by atoms with E-state index in [2.05, 4.69) is 15.3 Å². The maximum atomic E-state index is 12.2. The number of aliphatic hydroxyl groups is 1. The molecule has 1 unspecified atom stereocenters. The van der Waals surface area contributed by atoms with Crippen molar-refractivity contribution in [3.05, 3.63) is 24.2 Å². The standard InChI is InChI=1S/C16H22N4O2/c1-20-10-19-13-7-12(8-17-15(13)20)16(22)18-9-14(21)11-5-3-2-4-6-11/h7-8,10-11,14,21H,2-6,9H2,1H3,(H,18,22). The summed E-state index contributed by atoms with van der Waals surface area (Å²) in [4.78, 5) is 20.6.